The average Bonchev–Trinajstić information content (AvgIpc) is 2.78. The maximum atomic E-state index is 6.11. The average molecular weight is 316 g/mol. The summed E-state index contributed by atoms with van der Waals surface area (Å²) in [7, 11) is 0. The van der Waals surface area contributed by atoms with Gasteiger partial charge < -0.3 is 10.3 Å². The first kappa shape index (κ1) is 17.0. The van der Waals surface area contributed by atoms with Gasteiger partial charge >= 0.3 is 0 Å². The fourth-order valence-electron chi connectivity index (χ4n) is 1.65. The molecule has 0 radical (unpaired) electrons. The molecule has 1 aromatic heterocycles. The fourth-order valence-corrected chi connectivity index (χ4v) is 1.85. The van der Waals surface area contributed by atoms with Crippen LogP contribution in [-0.4, -0.2) is 10.1 Å². The van der Waals surface area contributed by atoms with Gasteiger partial charge in [0.25, 0.3) is 0 Å². The third kappa shape index (κ3) is 3.95. The Balaban J connectivity index is 0.00000200. The van der Waals surface area contributed by atoms with Crippen LogP contribution in [0.5, 0.6) is 0 Å². The standard InChI is InChI=1S/C14H18ClN3O.ClH/c1-14(2,3)12(16)13-17-11(18-19-13)8-9-6-4-5-7-10(9)15;/h4-7,12H,8,16H2,1-3H3;1H/t12-;/m1./s1. The van der Waals surface area contributed by atoms with E-state index in [9.17, 15) is 0 Å². The molecule has 0 bridgehead atoms. The largest absolute Gasteiger partial charge is 0.338 e. The van der Waals surface area contributed by atoms with Crippen molar-refractivity contribution in [2.45, 2.75) is 33.2 Å². The highest BCUT2D eigenvalue weighted by Crippen LogP contribution is 2.29. The summed E-state index contributed by atoms with van der Waals surface area (Å²) in [4.78, 5) is 4.35. The van der Waals surface area contributed by atoms with Crippen LogP contribution in [0.4, 0.5) is 0 Å². The molecule has 0 saturated heterocycles. The second kappa shape index (κ2) is 6.57. The van der Waals surface area contributed by atoms with E-state index in [-0.39, 0.29) is 23.9 Å². The number of rotatable bonds is 3. The summed E-state index contributed by atoms with van der Waals surface area (Å²) in [5.74, 6) is 1.07. The van der Waals surface area contributed by atoms with Gasteiger partial charge in [-0.25, -0.2) is 0 Å². The zero-order chi connectivity index (χ0) is 14.0. The Bertz CT molecular complexity index is 564. The zero-order valence-electron chi connectivity index (χ0n) is 11.8. The maximum absolute atomic E-state index is 6.11. The number of hydrogen-bond donors (Lipinski definition) is 1. The summed E-state index contributed by atoms with van der Waals surface area (Å²) in [6.45, 7) is 6.11. The quantitative estimate of drug-likeness (QED) is 0.936. The first-order chi connectivity index (χ1) is 8.88. The van der Waals surface area contributed by atoms with E-state index in [4.69, 9.17) is 21.9 Å². The smallest absolute Gasteiger partial charge is 0.244 e. The molecule has 4 nitrogen and oxygen atoms in total. The van der Waals surface area contributed by atoms with Crippen LogP contribution in [0, 0.1) is 5.41 Å². The molecule has 2 aromatic rings. The summed E-state index contributed by atoms with van der Waals surface area (Å²) in [5.41, 5.74) is 6.94. The number of benzene rings is 1. The van der Waals surface area contributed by atoms with Crippen LogP contribution in [-0.2, 0) is 6.42 Å². The molecule has 1 aromatic carbocycles. The lowest BCUT2D eigenvalue weighted by Gasteiger charge is -2.23. The molecule has 20 heavy (non-hydrogen) atoms. The Morgan fingerprint density at radius 2 is 1.95 bits per heavy atom. The summed E-state index contributed by atoms with van der Waals surface area (Å²) in [6.07, 6.45) is 0.542. The predicted octanol–water partition coefficient (Wildman–Crippen LogP) is 3.78. The fraction of sp³-hybridized carbons (Fsp3) is 0.429. The maximum Gasteiger partial charge on any atom is 0.244 e. The van der Waals surface area contributed by atoms with Crippen molar-refractivity contribution >= 4 is 24.0 Å². The van der Waals surface area contributed by atoms with Gasteiger partial charge in [0.15, 0.2) is 5.82 Å². The molecule has 0 unspecified atom stereocenters. The third-order valence-corrected chi connectivity index (χ3v) is 3.36. The van der Waals surface area contributed by atoms with E-state index in [1.165, 1.54) is 0 Å². The van der Waals surface area contributed by atoms with Crippen LogP contribution in [0.15, 0.2) is 28.8 Å². The monoisotopic (exact) mass is 315 g/mol. The molecule has 0 aliphatic heterocycles. The molecule has 2 N–H and O–H groups in total. The lowest BCUT2D eigenvalue weighted by molar-refractivity contribution is 0.252. The molecule has 0 aliphatic carbocycles. The lowest BCUT2D eigenvalue weighted by Crippen LogP contribution is -2.26. The van der Waals surface area contributed by atoms with Gasteiger partial charge in [-0.2, -0.15) is 4.98 Å². The highest BCUT2D eigenvalue weighted by molar-refractivity contribution is 6.31. The first-order valence-electron chi connectivity index (χ1n) is 6.19. The molecule has 2 rings (SSSR count). The van der Waals surface area contributed by atoms with Crippen LogP contribution >= 0.6 is 24.0 Å². The van der Waals surface area contributed by atoms with E-state index in [2.05, 4.69) is 10.1 Å². The van der Waals surface area contributed by atoms with E-state index in [0.29, 0.717) is 23.2 Å². The SMILES string of the molecule is CC(C)(C)[C@H](N)c1nc(Cc2ccccc2Cl)no1.Cl. The van der Waals surface area contributed by atoms with Crippen LogP contribution in [0.3, 0.4) is 0 Å². The molecule has 110 valence electrons. The Morgan fingerprint density at radius 3 is 2.55 bits per heavy atom. The number of aromatic nitrogens is 2. The first-order valence-corrected chi connectivity index (χ1v) is 6.57. The zero-order valence-corrected chi connectivity index (χ0v) is 13.3. The van der Waals surface area contributed by atoms with Crippen molar-refractivity contribution in [1.82, 2.24) is 10.1 Å². The molecule has 1 heterocycles. The summed E-state index contributed by atoms with van der Waals surface area (Å²) in [6, 6.07) is 7.34. The molecule has 1 atom stereocenters. The van der Waals surface area contributed by atoms with Gasteiger partial charge in [0.1, 0.15) is 0 Å². The highest BCUT2D eigenvalue weighted by Gasteiger charge is 2.27. The Labute approximate surface area is 130 Å². The predicted molar refractivity (Wildman–Crippen MR) is 82.2 cm³/mol. The van der Waals surface area contributed by atoms with Crippen LogP contribution < -0.4 is 5.73 Å². The molecule has 0 aliphatic rings. The molecular weight excluding hydrogens is 297 g/mol. The van der Waals surface area contributed by atoms with Gasteiger partial charge in [-0.3, -0.25) is 0 Å². The molecule has 0 spiro atoms. The van der Waals surface area contributed by atoms with Crippen LogP contribution in [0.1, 0.15) is 44.1 Å². The lowest BCUT2D eigenvalue weighted by atomic mass is 9.87. The minimum absolute atomic E-state index is 0. The van der Waals surface area contributed by atoms with E-state index < -0.39 is 0 Å². The van der Waals surface area contributed by atoms with Gasteiger partial charge in [0, 0.05) is 11.4 Å². The third-order valence-electron chi connectivity index (χ3n) is 2.99. The van der Waals surface area contributed by atoms with E-state index in [1.807, 2.05) is 45.0 Å². The van der Waals surface area contributed by atoms with Gasteiger partial charge in [0.05, 0.1) is 6.04 Å². The van der Waals surface area contributed by atoms with Crippen molar-refractivity contribution < 1.29 is 4.52 Å². The highest BCUT2D eigenvalue weighted by atomic mass is 35.5. The Hall–Kier alpha value is -1.10. The van der Waals surface area contributed by atoms with Crippen LogP contribution in [0.25, 0.3) is 0 Å². The van der Waals surface area contributed by atoms with E-state index in [0.717, 1.165) is 5.56 Å². The van der Waals surface area contributed by atoms with Crippen molar-refractivity contribution in [3.63, 3.8) is 0 Å². The topological polar surface area (TPSA) is 64.9 Å². The number of nitrogens with two attached hydrogens (primary N) is 1. The number of nitrogens with zero attached hydrogens (tertiary/aromatic N) is 2. The van der Waals surface area contributed by atoms with Gasteiger partial charge in [-0.1, -0.05) is 55.7 Å². The van der Waals surface area contributed by atoms with Crippen molar-refractivity contribution in [2.75, 3.05) is 0 Å². The molecule has 6 heteroatoms. The van der Waals surface area contributed by atoms with Crippen molar-refractivity contribution in [1.29, 1.82) is 0 Å². The number of halogens is 2. The normalized spacial score (nSPS) is 12.8. The Kier molecular flexibility index (Phi) is 5.57. The molecule has 0 fully saturated rings. The van der Waals surface area contributed by atoms with E-state index in [1.54, 1.807) is 0 Å². The second-order valence-corrected chi connectivity index (χ2v) is 6.07. The minimum atomic E-state index is -0.278. The summed E-state index contributed by atoms with van der Waals surface area (Å²) in [5, 5.41) is 4.67. The van der Waals surface area contributed by atoms with Crippen molar-refractivity contribution in [3.05, 3.63) is 46.6 Å². The van der Waals surface area contributed by atoms with Crippen molar-refractivity contribution in [3.8, 4) is 0 Å². The van der Waals surface area contributed by atoms with Gasteiger partial charge in [-0.05, 0) is 17.0 Å². The number of hydrogen-bond acceptors (Lipinski definition) is 4. The van der Waals surface area contributed by atoms with Gasteiger partial charge in [0.2, 0.25) is 5.89 Å². The van der Waals surface area contributed by atoms with Crippen LogP contribution in [0.2, 0.25) is 5.02 Å². The van der Waals surface area contributed by atoms with Gasteiger partial charge in [-0.15, -0.1) is 12.4 Å². The minimum Gasteiger partial charge on any atom is -0.338 e. The molecule has 0 saturated carbocycles. The molecular formula is C14H19Cl2N3O. The molecule has 0 amide bonds. The summed E-state index contributed by atoms with van der Waals surface area (Å²) < 4.78 is 5.24. The van der Waals surface area contributed by atoms with Crippen molar-refractivity contribution in [2.24, 2.45) is 11.1 Å². The summed E-state index contributed by atoms with van der Waals surface area (Å²) >= 11 is 6.11. The Morgan fingerprint density at radius 1 is 1.30 bits per heavy atom. The van der Waals surface area contributed by atoms with E-state index >= 15 is 0 Å². The second-order valence-electron chi connectivity index (χ2n) is 5.66.